The van der Waals surface area contributed by atoms with Crippen molar-refractivity contribution in [2.75, 3.05) is 6.54 Å². The Bertz CT molecular complexity index is 761. The summed E-state index contributed by atoms with van der Waals surface area (Å²) in [6.45, 7) is 1.90. The minimum Gasteiger partial charge on any atom is -0.348 e. The van der Waals surface area contributed by atoms with Crippen molar-refractivity contribution in [1.29, 1.82) is 0 Å². The second-order valence-corrected chi connectivity index (χ2v) is 7.13. The molecule has 1 aliphatic rings. The first-order valence-electron chi connectivity index (χ1n) is 8.02. The van der Waals surface area contributed by atoms with Crippen molar-refractivity contribution in [3.8, 4) is 0 Å². The number of carbonyl (C=O) groups excluding carboxylic acids is 2. The van der Waals surface area contributed by atoms with Gasteiger partial charge in [0.15, 0.2) is 0 Å². The van der Waals surface area contributed by atoms with Gasteiger partial charge >= 0.3 is 0 Å². The largest absolute Gasteiger partial charge is 0.348 e. The fraction of sp³-hybridized carbons (Fsp3) is 0.263. The number of nitrogens with one attached hydrogen (secondary N) is 1. The van der Waals surface area contributed by atoms with Gasteiger partial charge in [0.05, 0.1) is 0 Å². The van der Waals surface area contributed by atoms with Crippen LogP contribution in [-0.4, -0.2) is 23.3 Å². The molecule has 0 aromatic heterocycles. The molecule has 2 amide bonds. The average molecular weight is 434 g/mol. The van der Waals surface area contributed by atoms with E-state index < -0.39 is 0 Å². The first-order chi connectivity index (χ1) is 11.6. The van der Waals surface area contributed by atoms with E-state index in [1.807, 2.05) is 53.4 Å². The van der Waals surface area contributed by atoms with Gasteiger partial charge in [0.1, 0.15) is 0 Å². The molecule has 5 heteroatoms. The van der Waals surface area contributed by atoms with Crippen molar-refractivity contribution >= 4 is 34.4 Å². The minimum atomic E-state index is -0.0828. The first kappa shape index (κ1) is 17.0. The van der Waals surface area contributed by atoms with E-state index in [4.69, 9.17) is 0 Å². The lowest BCUT2D eigenvalue weighted by Gasteiger charge is -2.18. The molecule has 0 spiro atoms. The maximum absolute atomic E-state index is 12.3. The predicted octanol–water partition coefficient (Wildman–Crippen LogP) is 3.34. The van der Waals surface area contributed by atoms with Crippen LogP contribution in [0.5, 0.6) is 0 Å². The third kappa shape index (κ3) is 4.14. The van der Waals surface area contributed by atoms with Gasteiger partial charge in [-0.25, -0.2) is 0 Å². The van der Waals surface area contributed by atoms with E-state index in [-0.39, 0.29) is 11.8 Å². The van der Waals surface area contributed by atoms with E-state index in [2.05, 4.69) is 27.9 Å². The summed E-state index contributed by atoms with van der Waals surface area (Å²) in [5, 5.41) is 2.97. The van der Waals surface area contributed by atoms with Gasteiger partial charge < -0.3 is 10.2 Å². The predicted molar refractivity (Wildman–Crippen MR) is 101 cm³/mol. The molecular weight excluding hydrogens is 415 g/mol. The van der Waals surface area contributed by atoms with Crippen LogP contribution in [-0.2, 0) is 17.9 Å². The van der Waals surface area contributed by atoms with Crippen LogP contribution in [0.1, 0.15) is 34.3 Å². The topological polar surface area (TPSA) is 49.4 Å². The second kappa shape index (κ2) is 7.79. The maximum Gasteiger partial charge on any atom is 0.251 e. The number of nitrogens with zero attached hydrogens (tertiary/aromatic N) is 1. The lowest BCUT2D eigenvalue weighted by atomic mass is 10.1. The summed E-state index contributed by atoms with van der Waals surface area (Å²) in [5.74, 6) is 0.133. The molecule has 0 radical (unpaired) electrons. The standard InChI is InChI=1S/C19H19IN2O2/c20-17-8-3-7-14(11-17)19(24)21-12-15-5-1-2-6-16(15)13-22-10-4-9-18(22)23/h1-3,5-8,11H,4,9-10,12-13H2,(H,21,24). The summed E-state index contributed by atoms with van der Waals surface area (Å²) >= 11 is 2.20. The van der Waals surface area contributed by atoms with Crippen molar-refractivity contribution in [3.63, 3.8) is 0 Å². The van der Waals surface area contributed by atoms with Gasteiger partial charge in [0, 0.05) is 35.2 Å². The van der Waals surface area contributed by atoms with Crippen molar-refractivity contribution in [2.45, 2.75) is 25.9 Å². The summed E-state index contributed by atoms with van der Waals surface area (Å²) in [7, 11) is 0. The highest BCUT2D eigenvalue weighted by Gasteiger charge is 2.20. The molecule has 1 fully saturated rings. The van der Waals surface area contributed by atoms with E-state index in [1.165, 1.54) is 0 Å². The van der Waals surface area contributed by atoms with E-state index in [1.54, 1.807) is 0 Å². The number of amides is 2. The minimum absolute atomic E-state index is 0.0828. The molecule has 1 heterocycles. The molecule has 2 aromatic rings. The van der Waals surface area contributed by atoms with Gasteiger partial charge in [-0.15, -0.1) is 0 Å². The molecule has 1 aliphatic heterocycles. The Morgan fingerprint density at radius 2 is 1.92 bits per heavy atom. The van der Waals surface area contributed by atoms with Crippen LogP contribution in [0.25, 0.3) is 0 Å². The third-order valence-corrected chi connectivity index (χ3v) is 4.85. The fourth-order valence-corrected chi connectivity index (χ4v) is 3.41. The van der Waals surface area contributed by atoms with Gasteiger partial charge in [-0.05, 0) is 58.3 Å². The van der Waals surface area contributed by atoms with E-state index in [0.717, 1.165) is 27.7 Å². The Morgan fingerprint density at radius 3 is 2.62 bits per heavy atom. The molecule has 2 aromatic carbocycles. The van der Waals surface area contributed by atoms with Crippen LogP contribution in [0.4, 0.5) is 0 Å². The third-order valence-electron chi connectivity index (χ3n) is 4.18. The SMILES string of the molecule is O=C(NCc1ccccc1CN1CCCC1=O)c1cccc(I)c1. The Hall–Kier alpha value is -1.89. The lowest BCUT2D eigenvalue weighted by molar-refractivity contribution is -0.128. The van der Waals surface area contributed by atoms with Crippen molar-refractivity contribution in [3.05, 3.63) is 68.8 Å². The van der Waals surface area contributed by atoms with E-state index in [9.17, 15) is 9.59 Å². The Labute approximate surface area is 155 Å². The molecule has 0 bridgehead atoms. The molecule has 4 nitrogen and oxygen atoms in total. The van der Waals surface area contributed by atoms with E-state index >= 15 is 0 Å². The van der Waals surface area contributed by atoms with E-state index in [0.29, 0.717) is 25.1 Å². The Kier molecular flexibility index (Phi) is 5.50. The summed E-state index contributed by atoms with van der Waals surface area (Å²) < 4.78 is 1.04. The highest BCUT2D eigenvalue weighted by molar-refractivity contribution is 14.1. The van der Waals surface area contributed by atoms with Gasteiger partial charge in [-0.2, -0.15) is 0 Å². The zero-order chi connectivity index (χ0) is 16.9. The molecule has 1 N–H and O–H groups in total. The van der Waals surface area contributed by atoms with Gasteiger partial charge in [-0.3, -0.25) is 9.59 Å². The summed E-state index contributed by atoms with van der Waals surface area (Å²) in [5.41, 5.74) is 2.81. The number of rotatable bonds is 5. The highest BCUT2D eigenvalue weighted by Crippen LogP contribution is 2.17. The van der Waals surface area contributed by atoms with Crippen molar-refractivity contribution in [2.24, 2.45) is 0 Å². The molecule has 1 saturated heterocycles. The smallest absolute Gasteiger partial charge is 0.251 e. The van der Waals surface area contributed by atoms with Gasteiger partial charge in [-0.1, -0.05) is 30.3 Å². The van der Waals surface area contributed by atoms with Gasteiger partial charge in [0.2, 0.25) is 5.91 Å². The highest BCUT2D eigenvalue weighted by atomic mass is 127. The van der Waals surface area contributed by atoms with Gasteiger partial charge in [0.25, 0.3) is 5.91 Å². The average Bonchev–Trinajstić information content (AvgIpc) is 2.99. The molecule has 0 aliphatic carbocycles. The molecule has 0 unspecified atom stereocenters. The van der Waals surface area contributed by atoms with Crippen molar-refractivity contribution in [1.82, 2.24) is 10.2 Å². The molecular formula is C19H19IN2O2. The zero-order valence-electron chi connectivity index (χ0n) is 13.3. The second-order valence-electron chi connectivity index (χ2n) is 5.88. The zero-order valence-corrected chi connectivity index (χ0v) is 15.5. The van der Waals surface area contributed by atoms with Crippen LogP contribution < -0.4 is 5.32 Å². The van der Waals surface area contributed by atoms with Crippen LogP contribution >= 0.6 is 22.6 Å². The summed E-state index contributed by atoms with van der Waals surface area (Å²) in [6, 6.07) is 15.5. The van der Waals surface area contributed by atoms with Crippen LogP contribution in [0.15, 0.2) is 48.5 Å². The van der Waals surface area contributed by atoms with Crippen LogP contribution in [0.3, 0.4) is 0 Å². The molecule has 3 rings (SSSR count). The summed E-state index contributed by atoms with van der Waals surface area (Å²) in [4.78, 5) is 26.0. The Morgan fingerprint density at radius 1 is 1.12 bits per heavy atom. The first-order valence-corrected chi connectivity index (χ1v) is 9.09. The molecule has 124 valence electrons. The van der Waals surface area contributed by atoms with Crippen LogP contribution in [0.2, 0.25) is 0 Å². The quantitative estimate of drug-likeness (QED) is 0.735. The monoisotopic (exact) mass is 434 g/mol. The fourth-order valence-electron chi connectivity index (χ4n) is 2.87. The summed E-state index contributed by atoms with van der Waals surface area (Å²) in [6.07, 6.45) is 1.58. The normalized spacial score (nSPS) is 14.0. The number of hydrogen-bond donors (Lipinski definition) is 1. The number of halogens is 1. The molecule has 24 heavy (non-hydrogen) atoms. The number of hydrogen-bond acceptors (Lipinski definition) is 2. The number of carbonyl (C=O) groups is 2. The molecule has 0 saturated carbocycles. The number of likely N-dealkylation sites (tertiary alicyclic amines) is 1. The lowest BCUT2D eigenvalue weighted by Crippen LogP contribution is -2.26. The van der Waals surface area contributed by atoms with Crippen LogP contribution in [0, 0.1) is 3.57 Å². The maximum atomic E-state index is 12.3. The molecule has 0 atom stereocenters. The van der Waals surface area contributed by atoms with Crippen molar-refractivity contribution < 1.29 is 9.59 Å². The number of benzene rings is 2. The Balaban J connectivity index is 1.67.